The Morgan fingerprint density at radius 1 is 0.966 bits per heavy atom. The molecule has 0 fully saturated rings. The topological polar surface area (TPSA) is 16.8 Å². The number of rotatable bonds is 2. The average molecular weight is 383 g/mol. The van der Waals surface area contributed by atoms with Crippen molar-refractivity contribution in [2.75, 3.05) is 0 Å². The zero-order chi connectivity index (χ0) is 21.6. The highest BCUT2D eigenvalue weighted by molar-refractivity contribution is 5.96. The van der Waals surface area contributed by atoms with Gasteiger partial charge >= 0.3 is 0 Å². The van der Waals surface area contributed by atoms with Crippen LogP contribution in [0.1, 0.15) is 39.0 Å². The van der Waals surface area contributed by atoms with Crippen molar-refractivity contribution in [3.63, 3.8) is 0 Å². The van der Waals surface area contributed by atoms with E-state index in [2.05, 4.69) is 86.8 Å². The van der Waals surface area contributed by atoms with Crippen LogP contribution in [0.4, 0.5) is 0 Å². The molecule has 0 saturated heterocycles. The Morgan fingerprint density at radius 3 is 2.45 bits per heavy atom. The van der Waals surface area contributed by atoms with E-state index in [-0.39, 0.29) is 5.41 Å². The molecule has 0 bridgehead atoms. The van der Waals surface area contributed by atoms with Gasteiger partial charge in [0.2, 0.25) is 5.69 Å². The normalized spacial score (nSPS) is 12.3. The summed E-state index contributed by atoms with van der Waals surface area (Å²) in [7, 11) is 2.07. The first-order chi connectivity index (χ1) is 14.2. The van der Waals surface area contributed by atoms with Crippen LogP contribution in [-0.2, 0) is 12.5 Å². The Kier molecular flexibility index (Phi) is 4.43. The maximum absolute atomic E-state index is 8.81. The highest BCUT2D eigenvalue weighted by Gasteiger charge is 2.22. The monoisotopic (exact) mass is 382 g/mol. The van der Waals surface area contributed by atoms with E-state index in [0.29, 0.717) is 6.04 Å². The second kappa shape index (κ2) is 7.11. The first kappa shape index (κ1) is 18.1. The smallest absolute Gasteiger partial charge is 0.220 e. The van der Waals surface area contributed by atoms with Crippen molar-refractivity contribution in [2.45, 2.75) is 40.0 Å². The minimum absolute atomic E-state index is 0.0781. The fraction of sp³-hybridized carbons (Fsp3) is 0.259. The number of benzene rings is 2. The van der Waals surface area contributed by atoms with Crippen molar-refractivity contribution in [1.82, 2.24) is 4.98 Å². The molecule has 0 unspecified atom stereocenters. The summed E-state index contributed by atoms with van der Waals surface area (Å²) in [5.74, 6) is 0. The second-order valence-electron chi connectivity index (χ2n) is 8.90. The molecule has 2 heteroatoms. The Morgan fingerprint density at radius 2 is 1.76 bits per heavy atom. The third kappa shape index (κ3) is 3.55. The lowest BCUT2D eigenvalue weighted by atomic mass is 9.84. The number of aromatic nitrogens is 2. The quantitative estimate of drug-likeness (QED) is 0.371. The molecule has 2 aromatic heterocycles. The van der Waals surface area contributed by atoms with Gasteiger partial charge in [-0.25, -0.2) is 0 Å². The van der Waals surface area contributed by atoms with Crippen LogP contribution >= 0.6 is 0 Å². The molecule has 0 spiro atoms. The average Bonchev–Trinajstić information content (AvgIpc) is 2.73. The molecule has 2 nitrogen and oxygen atoms in total. The summed E-state index contributed by atoms with van der Waals surface area (Å²) >= 11 is 0. The molecule has 0 amide bonds. The second-order valence-corrected chi connectivity index (χ2v) is 8.90. The van der Waals surface area contributed by atoms with Gasteiger partial charge in [-0.2, -0.15) is 4.57 Å². The molecule has 4 aromatic rings. The van der Waals surface area contributed by atoms with Crippen molar-refractivity contribution in [3.8, 4) is 22.4 Å². The van der Waals surface area contributed by atoms with Gasteiger partial charge in [-0.3, -0.25) is 4.98 Å². The number of aryl methyl sites for hydroxylation is 1. The molecule has 0 aliphatic heterocycles. The maximum atomic E-state index is 8.81. The summed E-state index contributed by atoms with van der Waals surface area (Å²) in [6.45, 7) is 10.9. The van der Waals surface area contributed by atoms with Crippen molar-refractivity contribution in [2.24, 2.45) is 7.05 Å². The van der Waals surface area contributed by atoms with Gasteiger partial charge in [0.25, 0.3) is 0 Å². The van der Waals surface area contributed by atoms with Crippen LogP contribution in [0.3, 0.4) is 0 Å². The van der Waals surface area contributed by atoms with Crippen LogP contribution in [0.25, 0.3) is 33.2 Å². The van der Waals surface area contributed by atoms with E-state index in [9.17, 15) is 0 Å². The number of pyridine rings is 2. The van der Waals surface area contributed by atoms with Crippen LogP contribution in [0.5, 0.6) is 0 Å². The summed E-state index contributed by atoms with van der Waals surface area (Å²) < 4.78 is 11.0. The number of hydrogen-bond donors (Lipinski definition) is 0. The molecular formula is C27H29N2+. The predicted octanol–water partition coefficient (Wildman–Crippen LogP) is 6.31. The third-order valence-corrected chi connectivity index (χ3v) is 5.78. The van der Waals surface area contributed by atoms with E-state index < -0.39 is 0 Å². The highest BCUT2D eigenvalue weighted by atomic mass is 14.9. The summed E-state index contributed by atoms with van der Waals surface area (Å²) in [6.07, 6.45) is 3.66. The van der Waals surface area contributed by atoms with Gasteiger partial charge in [0.1, 0.15) is 7.05 Å². The Balaban J connectivity index is 2.04. The molecule has 146 valence electrons. The number of hydrogen-bond acceptors (Lipinski definition) is 1. The molecule has 0 saturated carbocycles. The third-order valence-electron chi connectivity index (χ3n) is 5.78. The Hall–Kier alpha value is -3.00. The fourth-order valence-corrected chi connectivity index (χ4v) is 3.86. The van der Waals surface area contributed by atoms with E-state index in [1.165, 1.54) is 22.4 Å². The molecule has 0 atom stereocenters. The number of nitrogens with zero attached hydrogens (tertiary/aromatic N) is 2. The lowest BCUT2D eigenvalue weighted by Crippen LogP contribution is -2.35. The first-order valence-electron chi connectivity index (χ1n) is 10.6. The largest absolute Gasteiger partial charge is 0.264 e. The zero-order valence-corrected chi connectivity index (χ0v) is 18.2. The molecule has 0 aliphatic rings. The minimum Gasteiger partial charge on any atom is -0.264 e. The summed E-state index contributed by atoms with van der Waals surface area (Å²) in [4.78, 5) is 4.25. The van der Waals surface area contributed by atoms with Gasteiger partial charge in [-0.05, 0) is 58.7 Å². The summed E-state index contributed by atoms with van der Waals surface area (Å²) in [5, 5.41) is 2.08. The van der Waals surface area contributed by atoms with Crippen molar-refractivity contribution in [3.05, 3.63) is 83.8 Å². The fourth-order valence-electron chi connectivity index (χ4n) is 3.86. The Labute approximate surface area is 175 Å². The van der Waals surface area contributed by atoms with Crippen LogP contribution < -0.4 is 4.57 Å². The molecule has 2 heterocycles. The van der Waals surface area contributed by atoms with E-state index in [1.54, 1.807) is 6.20 Å². The maximum Gasteiger partial charge on any atom is 0.220 e. The molecule has 0 N–H and O–H groups in total. The molecular weight excluding hydrogens is 352 g/mol. The minimum atomic E-state index is 0.0781. The number of fused-ring (bicyclic) bond motifs is 1. The van der Waals surface area contributed by atoms with Gasteiger partial charge in [0, 0.05) is 30.9 Å². The van der Waals surface area contributed by atoms with E-state index in [0.717, 1.165) is 27.6 Å². The van der Waals surface area contributed by atoms with Gasteiger partial charge in [-0.1, -0.05) is 45.0 Å². The van der Waals surface area contributed by atoms with Gasteiger partial charge in [-0.15, -0.1) is 0 Å². The first-order valence-corrected chi connectivity index (χ1v) is 10.1. The molecule has 0 radical (unpaired) electrons. The zero-order valence-electron chi connectivity index (χ0n) is 19.2. The standard InChI is InChI=1S/C27H29N2/c1-18-9-11-23(27(3,4)5)16-25(18)26-24-12-10-20(21-8-7-13-28-17-21)15-22(24)14-19(2)29(26)6/h7-17H,1-6H3/q+1/i14D. The predicted molar refractivity (Wildman–Crippen MR) is 122 cm³/mol. The van der Waals surface area contributed by atoms with Crippen molar-refractivity contribution < 1.29 is 5.94 Å². The van der Waals surface area contributed by atoms with Crippen molar-refractivity contribution in [1.29, 1.82) is 0 Å². The van der Waals surface area contributed by atoms with E-state index in [4.69, 9.17) is 1.37 Å². The van der Waals surface area contributed by atoms with E-state index in [1.807, 2.05) is 19.2 Å². The van der Waals surface area contributed by atoms with Gasteiger partial charge in [0.15, 0.2) is 5.69 Å². The van der Waals surface area contributed by atoms with Gasteiger partial charge < -0.3 is 0 Å². The Bertz CT molecular complexity index is 1250. The lowest BCUT2D eigenvalue weighted by molar-refractivity contribution is -0.665. The molecule has 29 heavy (non-hydrogen) atoms. The molecule has 0 aliphatic carbocycles. The lowest BCUT2D eigenvalue weighted by Gasteiger charge is -2.21. The summed E-state index contributed by atoms with van der Waals surface area (Å²) in [5.41, 5.74) is 8.15. The van der Waals surface area contributed by atoms with Gasteiger partial charge in [0.05, 0.1) is 12.3 Å². The van der Waals surface area contributed by atoms with Crippen molar-refractivity contribution >= 4 is 10.8 Å². The molecule has 2 aromatic carbocycles. The van der Waals surface area contributed by atoms with E-state index >= 15 is 0 Å². The van der Waals surface area contributed by atoms with Crippen LogP contribution in [0.2, 0.25) is 0 Å². The highest BCUT2D eigenvalue weighted by Crippen LogP contribution is 2.34. The van der Waals surface area contributed by atoms with Crippen LogP contribution in [0.15, 0.2) is 67.0 Å². The molecule has 4 rings (SSSR count). The SMILES string of the molecule is [2H]c1c(C)[n+](C)c(-c2cc(C(C)(C)C)ccc2C)c2ccc(-c3cccnc3)cc12. The summed E-state index contributed by atoms with van der Waals surface area (Å²) in [6, 6.07) is 17.8. The van der Waals surface area contributed by atoms with Crippen LogP contribution in [0, 0.1) is 13.8 Å². The van der Waals surface area contributed by atoms with Crippen LogP contribution in [-0.4, -0.2) is 4.98 Å².